The highest BCUT2D eigenvalue weighted by Gasteiger charge is 2.25. The minimum absolute atomic E-state index is 0.125. The predicted octanol–water partition coefficient (Wildman–Crippen LogP) is 3.07. The van der Waals surface area contributed by atoms with Crippen LogP contribution in [0.1, 0.15) is 25.7 Å². The molecule has 4 heterocycles. The first-order valence-electron chi connectivity index (χ1n) is 11.2. The molecule has 1 N–H and O–H groups in total. The molecule has 9 nitrogen and oxygen atoms in total. The van der Waals surface area contributed by atoms with Gasteiger partial charge in [-0.25, -0.2) is 0 Å². The van der Waals surface area contributed by atoms with E-state index < -0.39 is 0 Å². The Morgan fingerprint density at radius 3 is 2.78 bits per heavy atom. The number of morpholine rings is 1. The molecular weight excluding hydrogens is 408 g/mol. The number of fused-ring (bicyclic) bond motifs is 1. The second kappa shape index (κ2) is 9.52. The highest BCUT2D eigenvalue weighted by Crippen LogP contribution is 2.31. The number of hydrogen-bond donors (Lipinski definition) is 1. The van der Waals surface area contributed by atoms with Gasteiger partial charge in [-0.3, -0.25) is 4.98 Å². The van der Waals surface area contributed by atoms with Crippen molar-refractivity contribution >= 4 is 22.5 Å². The molecule has 0 atom stereocenters. The van der Waals surface area contributed by atoms with Gasteiger partial charge in [-0.1, -0.05) is 0 Å². The lowest BCUT2D eigenvalue weighted by Gasteiger charge is -2.31. The van der Waals surface area contributed by atoms with E-state index in [0.717, 1.165) is 61.3 Å². The molecule has 0 aromatic carbocycles. The third kappa shape index (κ3) is 4.67. The molecule has 3 aromatic rings. The Kier molecular flexibility index (Phi) is 6.15. The number of anilines is 2. The fourth-order valence-electron chi connectivity index (χ4n) is 4.30. The number of methoxy groups -OCH3 is 1. The third-order valence-electron chi connectivity index (χ3n) is 6.06. The van der Waals surface area contributed by atoms with Crippen molar-refractivity contribution in [3.63, 3.8) is 0 Å². The lowest BCUT2D eigenvalue weighted by molar-refractivity contribution is 0.122. The molecule has 0 amide bonds. The van der Waals surface area contributed by atoms with Gasteiger partial charge in [0, 0.05) is 37.5 Å². The van der Waals surface area contributed by atoms with Crippen LogP contribution in [0, 0.1) is 0 Å². The molecule has 1 saturated heterocycles. The van der Waals surface area contributed by atoms with Crippen LogP contribution in [0.15, 0.2) is 36.7 Å². The molecule has 32 heavy (non-hydrogen) atoms. The van der Waals surface area contributed by atoms with E-state index in [1.54, 1.807) is 13.3 Å². The van der Waals surface area contributed by atoms with Crippen molar-refractivity contribution in [2.75, 3.05) is 43.6 Å². The van der Waals surface area contributed by atoms with Crippen molar-refractivity contribution < 1.29 is 14.2 Å². The first-order chi connectivity index (χ1) is 15.8. The fourth-order valence-corrected chi connectivity index (χ4v) is 4.30. The SMILES string of the molecule is COc1cnnc(NC2CCC(Oc3nc(N4CCOCC4)cc4ncccc34)CC2)c1. The Hall–Kier alpha value is -3.20. The molecule has 0 radical (unpaired) electrons. The summed E-state index contributed by atoms with van der Waals surface area (Å²) in [6, 6.07) is 8.21. The van der Waals surface area contributed by atoms with Gasteiger partial charge in [0.05, 0.1) is 37.4 Å². The summed E-state index contributed by atoms with van der Waals surface area (Å²) in [6.07, 6.45) is 7.41. The quantitative estimate of drug-likeness (QED) is 0.625. The van der Waals surface area contributed by atoms with Gasteiger partial charge in [0.2, 0.25) is 5.88 Å². The zero-order valence-corrected chi connectivity index (χ0v) is 18.2. The Morgan fingerprint density at radius 2 is 1.97 bits per heavy atom. The smallest absolute Gasteiger partial charge is 0.225 e. The monoisotopic (exact) mass is 436 g/mol. The van der Waals surface area contributed by atoms with Crippen LogP contribution in [0.3, 0.4) is 0 Å². The number of aromatic nitrogens is 4. The Labute approximate surface area is 187 Å². The number of hydrogen-bond acceptors (Lipinski definition) is 9. The number of ether oxygens (including phenoxy) is 3. The average Bonchev–Trinajstić information content (AvgIpc) is 2.86. The molecular formula is C23H28N6O3. The molecule has 2 aliphatic rings. The minimum Gasteiger partial charge on any atom is -0.495 e. The summed E-state index contributed by atoms with van der Waals surface area (Å²) in [5.41, 5.74) is 0.908. The average molecular weight is 437 g/mol. The second-order valence-corrected chi connectivity index (χ2v) is 8.17. The number of pyridine rings is 2. The van der Waals surface area contributed by atoms with Crippen LogP contribution in [-0.2, 0) is 4.74 Å². The fraction of sp³-hybridized carbons (Fsp3) is 0.478. The van der Waals surface area contributed by atoms with E-state index in [-0.39, 0.29) is 6.10 Å². The second-order valence-electron chi connectivity index (χ2n) is 8.17. The number of nitrogens with zero attached hydrogens (tertiary/aromatic N) is 5. The van der Waals surface area contributed by atoms with Crippen LogP contribution < -0.4 is 19.7 Å². The van der Waals surface area contributed by atoms with E-state index in [1.807, 2.05) is 30.5 Å². The van der Waals surface area contributed by atoms with E-state index in [9.17, 15) is 0 Å². The van der Waals surface area contributed by atoms with Gasteiger partial charge in [0.15, 0.2) is 5.82 Å². The molecule has 0 unspecified atom stereocenters. The van der Waals surface area contributed by atoms with Crippen molar-refractivity contribution in [2.45, 2.75) is 37.8 Å². The first kappa shape index (κ1) is 20.7. The standard InChI is InChI=1S/C23H28N6O3/c1-30-18-13-21(28-25-15-18)26-16-4-6-17(7-5-16)32-23-19-3-2-8-24-20(19)14-22(27-23)29-9-11-31-12-10-29/h2-3,8,13-17H,4-7,9-12H2,1H3,(H,26,28). The lowest BCUT2D eigenvalue weighted by atomic mass is 9.93. The maximum Gasteiger partial charge on any atom is 0.225 e. The molecule has 1 aliphatic heterocycles. The predicted molar refractivity (Wildman–Crippen MR) is 121 cm³/mol. The molecule has 168 valence electrons. The van der Waals surface area contributed by atoms with E-state index in [0.29, 0.717) is 30.9 Å². The summed E-state index contributed by atoms with van der Waals surface area (Å²) in [6.45, 7) is 3.09. The van der Waals surface area contributed by atoms with Gasteiger partial charge in [-0.05, 0) is 37.8 Å². The maximum atomic E-state index is 6.45. The highest BCUT2D eigenvalue weighted by atomic mass is 16.5. The van der Waals surface area contributed by atoms with Crippen LogP contribution in [0.2, 0.25) is 0 Å². The Balaban J connectivity index is 1.26. The van der Waals surface area contributed by atoms with Gasteiger partial charge >= 0.3 is 0 Å². The zero-order valence-electron chi connectivity index (χ0n) is 18.2. The van der Waals surface area contributed by atoms with Crippen molar-refractivity contribution in [1.29, 1.82) is 0 Å². The molecule has 3 aromatic heterocycles. The van der Waals surface area contributed by atoms with Crippen LogP contribution in [-0.4, -0.2) is 65.7 Å². The summed E-state index contributed by atoms with van der Waals surface area (Å²) >= 11 is 0. The van der Waals surface area contributed by atoms with Gasteiger partial charge in [0.1, 0.15) is 17.7 Å². The third-order valence-corrected chi connectivity index (χ3v) is 6.06. The molecule has 1 saturated carbocycles. The van der Waals surface area contributed by atoms with E-state index in [2.05, 4.69) is 25.4 Å². The summed E-state index contributed by atoms with van der Waals surface area (Å²) in [5, 5.41) is 12.6. The van der Waals surface area contributed by atoms with Crippen LogP contribution in [0.5, 0.6) is 11.6 Å². The topological polar surface area (TPSA) is 94.5 Å². The maximum absolute atomic E-state index is 6.45. The molecule has 2 fully saturated rings. The van der Waals surface area contributed by atoms with Crippen LogP contribution >= 0.6 is 0 Å². The first-order valence-corrected chi connectivity index (χ1v) is 11.2. The molecule has 9 heteroatoms. The van der Waals surface area contributed by atoms with Crippen LogP contribution in [0.4, 0.5) is 11.6 Å². The number of nitrogens with one attached hydrogen (secondary N) is 1. The molecule has 5 rings (SSSR count). The summed E-state index contributed by atoms with van der Waals surface area (Å²) in [4.78, 5) is 11.7. The van der Waals surface area contributed by atoms with E-state index >= 15 is 0 Å². The van der Waals surface area contributed by atoms with Crippen molar-refractivity contribution in [3.8, 4) is 11.6 Å². The Bertz CT molecular complexity index is 1050. The van der Waals surface area contributed by atoms with E-state index in [1.165, 1.54) is 0 Å². The molecule has 0 spiro atoms. The lowest BCUT2D eigenvalue weighted by Crippen LogP contribution is -2.37. The van der Waals surface area contributed by atoms with Crippen molar-refractivity contribution in [3.05, 3.63) is 36.7 Å². The zero-order chi connectivity index (χ0) is 21.8. The minimum atomic E-state index is 0.125. The molecule has 0 bridgehead atoms. The summed E-state index contributed by atoms with van der Waals surface area (Å²) in [5.74, 6) is 3.02. The summed E-state index contributed by atoms with van der Waals surface area (Å²) < 4.78 is 17.2. The normalized spacial score (nSPS) is 21.3. The van der Waals surface area contributed by atoms with Gasteiger partial charge in [-0.2, -0.15) is 10.1 Å². The highest BCUT2D eigenvalue weighted by molar-refractivity contribution is 5.85. The van der Waals surface area contributed by atoms with E-state index in [4.69, 9.17) is 19.2 Å². The van der Waals surface area contributed by atoms with Crippen LogP contribution in [0.25, 0.3) is 10.9 Å². The Morgan fingerprint density at radius 1 is 1.12 bits per heavy atom. The number of rotatable bonds is 6. The summed E-state index contributed by atoms with van der Waals surface area (Å²) in [7, 11) is 1.63. The molecule has 1 aliphatic carbocycles. The van der Waals surface area contributed by atoms with Crippen molar-refractivity contribution in [2.24, 2.45) is 0 Å². The van der Waals surface area contributed by atoms with Gasteiger partial charge < -0.3 is 24.4 Å². The van der Waals surface area contributed by atoms with Crippen molar-refractivity contribution in [1.82, 2.24) is 20.2 Å². The van der Waals surface area contributed by atoms with Gasteiger partial charge in [-0.15, -0.1) is 5.10 Å². The van der Waals surface area contributed by atoms with Gasteiger partial charge in [0.25, 0.3) is 0 Å². The largest absolute Gasteiger partial charge is 0.495 e.